The van der Waals surface area contributed by atoms with Crippen molar-refractivity contribution in [2.24, 2.45) is 5.92 Å². The molecule has 0 aromatic carbocycles. The van der Waals surface area contributed by atoms with Crippen LogP contribution in [0, 0.1) is 5.92 Å². The molecule has 3 nitrogen and oxygen atoms in total. The van der Waals surface area contributed by atoms with E-state index in [4.69, 9.17) is 4.74 Å². The predicted octanol–water partition coefficient (Wildman–Crippen LogP) is 1.49. The van der Waals surface area contributed by atoms with E-state index in [9.17, 15) is 0 Å². The lowest BCUT2D eigenvalue weighted by atomic mass is 9.99. The van der Waals surface area contributed by atoms with Crippen molar-refractivity contribution in [3.05, 3.63) is 0 Å². The van der Waals surface area contributed by atoms with Gasteiger partial charge in [0.25, 0.3) is 0 Å². The third kappa shape index (κ3) is 4.40. The van der Waals surface area contributed by atoms with Crippen LogP contribution < -0.4 is 5.32 Å². The minimum atomic E-state index is 0.808. The van der Waals surface area contributed by atoms with Crippen LogP contribution in [0.15, 0.2) is 0 Å². The molecule has 0 aromatic rings. The smallest absolute Gasteiger partial charge is 0.0593 e. The van der Waals surface area contributed by atoms with Gasteiger partial charge in [-0.05, 0) is 57.8 Å². The van der Waals surface area contributed by atoms with Crippen LogP contribution in [0.5, 0.6) is 0 Å². The summed E-state index contributed by atoms with van der Waals surface area (Å²) < 4.78 is 5.81. The fourth-order valence-corrected chi connectivity index (χ4v) is 2.68. The quantitative estimate of drug-likeness (QED) is 0.719. The first-order valence-corrected chi connectivity index (χ1v) is 6.96. The monoisotopic (exact) mass is 226 g/mol. The average molecular weight is 226 g/mol. The van der Waals surface area contributed by atoms with Crippen LogP contribution in [-0.4, -0.2) is 50.8 Å². The molecule has 0 bridgehead atoms. The maximum atomic E-state index is 5.81. The Labute approximate surface area is 99.5 Å². The lowest BCUT2D eigenvalue weighted by Crippen LogP contribution is -2.34. The normalized spacial score (nSPS) is 24.8. The number of ether oxygens (including phenoxy) is 1. The molecule has 0 radical (unpaired) electrons. The first kappa shape index (κ1) is 12.3. The van der Waals surface area contributed by atoms with E-state index in [0.717, 1.165) is 25.7 Å². The molecule has 3 heteroatoms. The Morgan fingerprint density at radius 2 is 1.81 bits per heavy atom. The summed E-state index contributed by atoms with van der Waals surface area (Å²) in [5.41, 5.74) is 0. The number of hydrogen-bond acceptors (Lipinski definition) is 3. The zero-order valence-corrected chi connectivity index (χ0v) is 10.4. The maximum Gasteiger partial charge on any atom is 0.0593 e. The van der Waals surface area contributed by atoms with Crippen molar-refractivity contribution in [2.75, 3.05) is 45.9 Å². The summed E-state index contributed by atoms with van der Waals surface area (Å²) in [6.07, 6.45) is 6.78. The Kier molecular flexibility index (Phi) is 5.59. The van der Waals surface area contributed by atoms with E-state index in [-0.39, 0.29) is 0 Å². The molecule has 2 saturated heterocycles. The second-order valence-corrected chi connectivity index (χ2v) is 5.17. The summed E-state index contributed by atoms with van der Waals surface area (Å²) >= 11 is 0. The highest BCUT2D eigenvalue weighted by atomic mass is 16.5. The largest absolute Gasteiger partial charge is 0.380 e. The zero-order chi connectivity index (χ0) is 11.1. The second-order valence-electron chi connectivity index (χ2n) is 5.17. The number of piperidine rings is 2. The number of hydrogen-bond donors (Lipinski definition) is 1. The van der Waals surface area contributed by atoms with E-state index in [1.54, 1.807) is 0 Å². The topological polar surface area (TPSA) is 24.5 Å². The molecular weight excluding hydrogens is 200 g/mol. The summed E-state index contributed by atoms with van der Waals surface area (Å²) in [6.45, 7) is 8.00. The fraction of sp³-hybridized carbons (Fsp3) is 1.00. The lowest BCUT2D eigenvalue weighted by Gasteiger charge is -2.27. The van der Waals surface area contributed by atoms with Crippen molar-refractivity contribution in [3.63, 3.8) is 0 Å². The SMILES string of the molecule is C1CCN(CCOCC2CCNCC2)CC1. The Bertz CT molecular complexity index is 155. The Balaban J connectivity index is 1.47. The van der Waals surface area contributed by atoms with Gasteiger partial charge in [-0.25, -0.2) is 0 Å². The average Bonchev–Trinajstić information content (AvgIpc) is 2.37. The molecule has 2 rings (SSSR count). The molecule has 1 N–H and O–H groups in total. The van der Waals surface area contributed by atoms with E-state index >= 15 is 0 Å². The van der Waals surface area contributed by atoms with Crippen molar-refractivity contribution >= 4 is 0 Å². The minimum absolute atomic E-state index is 0.808. The van der Waals surface area contributed by atoms with Crippen LogP contribution in [0.25, 0.3) is 0 Å². The van der Waals surface area contributed by atoms with E-state index in [0.29, 0.717) is 0 Å². The van der Waals surface area contributed by atoms with Crippen molar-refractivity contribution in [1.82, 2.24) is 10.2 Å². The molecule has 0 aliphatic carbocycles. The summed E-state index contributed by atoms with van der Waals surface area (Å²) in [4.78, 5) is 2.55. The van der Waals surface area contributed by atoms with Gasteiger partial charge < -0.3 is 15.0 Å². The predicted molar refractivity (Wildman–Crippen MR) is 66.7 cm³/mol. The van der Waals surface area contributed by atoms with Crippen LogP contribution in [0.3, 0.4) is 0 Å². The minimum Gasteiger partial charge on any atom is -0.380 e. The van der Waals surface area contributed by atoms with Gasteiger partial charge in [0.1, 0.15) is 0 Å². The van der Waals surface area contributed by atoms with Crippen LogP contribution in [0.1, 0.15) is 32.1 Å². The Morgan fingerprint density at radius 1 is 1.06 bits per heavy atom. The van der Waals surface area contributed by atoms with Crippen molar-refractivity contribution in [3.8, 4) is 0 Å². The molecule has 2 fully saturated rings. The summed E-state index contributed by atoms with van der Waals surface area (Å²) in [5.74, 6) is 0.808. The van der Waals surface area contributed by atoms with Crippen LogP contribution in [0.4, 0.5) is 0 Å². The van der Waals surface area contributed by atoms with Gasteiger partial charge in [-0.2, -0.15) is 0 Å². The van der Waals surface area contributed by atoms with E-state index in [2.05, 4.69) is 10.2 Å². The van der Waals surface area contributed by atoms with Crippen LogP contribution in [-0.2, 0) is 4.74 Å². The van der Waals surface area contributed by atoms with Gasteiger partial charge in [-0.15, -0.1) is 0 Å². The van der Waals surface area contributed by atoms with Crippen molar-refractivity contribution < 1.29 is 4.74 Å². The van der Waals surface area contributed by atoms with E-state index in [1.165, 1.54) is 58.3 Å². The molecule has 0 saturated carbocycles. The summed E-state index contributed by atoms with van der Waals surface area (Å²) in [6, 6.07) is 0. The van der Waals surface area contributed by atoms with Gasteiger partial charge in [0, 0.05) is 13.2 Å². The van der Waals surface area contributed by atoms with Gasteiger partial charge in [-0.3, -0.25) is 0 Å². The summed E-state index contributed by atoms with van der Waals surface area (Å²) in [7, 11) is 0. The molecule has 0 atom stereocenters. The molecule has 0 amide bonds. The molecule has 2 aliphatic rings. The standard InChI is InChI=1S/C13H26N2O/c1-2-8-15(9-3-1)10-11-16-12-13-4-6-14-7-5-13/h13-14H,1-12H2. The van der Waals surface area contributed by atoms with Crippen LogP contribution in [0.2, 0.25) is 0 Å². The molecule has 16 heavy (non-hydrogen) atoms. The van der Waals surface area contributed by atoms with Gasteiger partial charge in [0.2, 0.25) is 0 Å². The highest BCUT2D eigenvalue weighted by Crippen LogP contribution is 2.12. The van der Waals surface area contributed by atoms with Gasteiger partial charge in [0.15, 0.2) is 0 Å². The van der Waals surface area contributed by atoms with Gasteiger partial charge >= 0.3 is 0 Å². The van der Waals surface area contributed by atoms with E-state index < -0.39 is 0 Å². The van der Waals surface area contributed by atoms with E-state index in [1.807, 2.05) is 0 Å². The molecule has 2 aliphatic heterocycles. The molecule has 0 aromatic heterocycles. The third-order valence-electron chi connectivity index (χ3n) is 3.81. The summed E-state index contributed by atoms with van der Waals surface area (Å²) in [5, 5.41) is 3.39. The molecule has 0 unspecified atom stereocenters. The first-order valence-electron chi connectivity index (χ1n) is 6.96. The highest BCUT2D eigenvalue weighted by Gasteiger charge is 2.13. The third-order valence-corrected chi connectivity index (χ3v) is 3.81. The van der Waals surface area contributed by atoms with Crippen LogP contribution >= 0.6 is 0 Å². The number of nitrogens with one attached hydrogen (secondary N) is 1. The molecular formula is C13H26N2O. The number of likely N-dealkylation sites (tertiary alicyclic amines) is 1. The molecule has 94 valence electrons. The Hall–Kier alpha value is -0.120. The molecule has 0 spiro atoms. The number of rotatable bonds is 5. The Morgan fingerprint density at radius 3 is 2.56 bits per heavy atom. The second kappa shape index (κ2) is 7.25. The van der Waals surface area contributed by atoms with Gasteiger partial charge in [-0.1, -0.05) is 6.42 Å². The van der Waals surface area contributed by atoms with Crippen molar-refractivity contribution in [1.29, 1.82) is 0 Å². The zero-order valence-electron chi connectivity index (χ0n) is 10.4. The highest BCUT2D eigenvalue weighted by molar-refractivity contribution is 4.68. The fourth-order valence-electron chi connectivity index (χ4n) is 2.68. The number of nitrogens with zero attached hydrogens (tertiary/aromatic N) is 1. The first-order chi connectivity index (χ1) is 7.95. The maximum absolute atomic E-state index is 5.81. The van der Waals surface area contributed by atoms with Crippen molar-refractivity contribution in [2.45, 2.75) is 32.1 Å². The lowest BCUT2D eigenvalue weighted by molar-refractivity contribution is 0.0648. The molecule has 2 heterocycles. The van der Waals surface area contributed by atoms with Gasteiger partial charge in [0.05, 0.1) is 6.61 Å².